The first kappa shape index (κ1) is 16.3. The lowest BCUT2D eigenvalue weighted by Gasteiger charge is -2.30. The fourth-order valence-electron chi connectivity index (χ4n) is 3.23. The summed E-state index contributed by atoms with van der Waals surface area (Å²) in [6, 6.07) is 5.24. The van der Waals surface area contributed by atoms with Crippen LogP contribution in [-0.2, 0) is 6.54 Å². The van der Waals surface area contributed by atoms with Crippen molar-refractivity contribution in [3.05, 3.63) is 23.4 Å². The Hall–Kier alpha value is -1.09. The van der Waals surface area contributed by atoms with Gasteiger partial charge < -0.3 is 10.2 Å². The largest absolute Gasteiger partial charge is 0.354 e. The molecule has 3 heteroatoms. The van der Waals surface area contributed by atoms with Crippen LogP contribution >= 0.6 is 0 Å². The minimum atomic E-state index is 0.479. The van der Waals surface area contributed by atoms with Crippen LogP contribution in [0, 0.1) is 0 Å². The molecule has 0 spiro atoms. The molecule has 1 N–H and O–H groups in total. The lowest BCUT2D eigenvalue weighted by atomic mass is 10.1. The fraction of sp³-hybridized carbons (Fsp3) is 0.722. The third-order valence-electron chi connectivity index (χ3n) is 4.46. The summed E-state index contributed by atoms with van der Waals surface area (Å²) in [7, 11) is 0. The summed E-state index contributed by atoms with van der Waals surface area (Å²) < 4.78 is 0. The Kier molecular flexibility index (Phi) is 6.04. The number of nitrogens with one attached hydrogen (secondary N) is 1. The Balaban J connectivity index is 2.28. The molecule has 1 aliphatic rings. The van der Waals surface area contributed by atoms with E-state index in [0.29, 0.717) is 12.0 Å². The van der Waals surface area contributed by atoms with E-state index in [4.69, 9.17) is 4.98 Å². The Labute approximate surface area is 130 Å². The molecule has 0 radical (unpaired) electrons. The highest BCUT2D eigenvalue weighted by Gasteiger charge is 2.23. The molecule has 118 valence electrons. The van der Waals surface area contributed by atoms with Gasteiger partial charge in [0, 0.05) is 24.8 Å². The standard InChI is InChI=1S/C18H31N3/c1-5-19-13-15-11-17(14(3)4)20-18(12-15)21(6-2)16-9-7-8-10-16/h11-12,14,16,19H,5-10,13H2,1-4H3. The smallest absolute Gasteiger partial charge is 0.129 e. The number of aromatic nitrogens is 1. The Bertz CT molecular complexity index is 436. The third kappa shape index (κ3) is 4.19. The summed E-state index contributed by atoms with van der Waals surface area (Å²) in [5, 5.41) is 3.44. The predicted molar refractivity (Wildman–Crippen MR) is 91.0 cm³/mol. The summed E-state index contributed by atoms with van der Waals surface area (Å²) in [6.45, 7) is 11.9. The van der Waals surface area contributed by atoms with Gasteiger partial charge in [0.15, 0.2) is 0 Å². The Morgan fingerprint density at radius 1 is 1.24 bits per heavy atom. The van der Waals surface area contributed by atoms with Crippen molar-refractivity contribution in [3.8, 4) is 0 Å². The SMILES string of the molecule is CCNCc1cc(C(C)C)nc(N(CC)C2CCCC2)c1. The zero-order valence-corrected chi connectivity index (χ0v) is 14.2. The van der Waals surface area contributed by atoms with Gasteiger partial charge in [-0.2, -0.15) is 0 Å². The summed E-state index contributed by atoms with van der Waals surface area (Å²) in [6.07, 6.45) is 5.39. The maximum atomic E-state index is 4.95. The molecule has 2 rings (SSSR count). The molecular weight excluding hydrogens is 258 g/mol. The first-order valence-electron chi connectivity index (χ1n) is 8.63. The second-order valence-electron chi connectivity index (χ2n) is 6.42. The minimum Gasteiger partial charge on any atom is -0.354 e. The molecule has 1 fully saturated rings. The van der Waals surface area contributed by atoms with Gasteiger partial charge >= 0.3 is 0 Å². The van der Waals surface area contributed by atoms with E-state index < -0.39 is 0 Å². The van der Waals surface area contributed by atoms with Crippen molar-refractivity contribution in [2.45, 2.75) is 71.9 Å². The van der Waals surface area contributed by atoms with Crippen molar-refractivity contribution >= 4 is 5.82 Å². The summed E-state index contributed by atoms with van der Waals surface area (Å²) >= 11 is 0. The summed E-state index contributed by atoms with van der Waals surface area (Å²) in [5.74, 6) is 1.66. The van der Waals surface area contributed by atoms with Gasteiger partial charge in [-0.3, -0.25) is 0 Å². The highest BCUT2D eigenvalue weighted by Crippen LogP contribution is 2.28. The van der Waals surface area contributed by atoms with Crippen molar-refractivity contribution < 1.29 is 0 Å². The van der Waals surface area contributed by atoms with Gasteiger partial charge in [0.05, 0.1) is 0 Å². The van der Waals surface area contributed by atoms with Gasteiger partial charge in [-0.05, 0) is 49.9 Å². The lowest BCUT2D eigenvalue weighted by Crippen LogP contribution is -2.34. The molecule has 1 aliphatic carbocycles. The average Bonchev–Trinajstić information content (AvgIpc) is 2.99. The van der Waals surface area contributed by atoms with Gasteiger partial charge in [0.1, 0.15) is 5.82 Å². The molecule has 0 saturated heterocycles. The topological polar surface area (TPSA) is 28.2 Å². The first-order chi connectivity index (χ1) is 10.2. The van der Waals surface area contributed by atoms with Crippen molar-refractivity contribution in [1.29, 1.82) is 0 Å². The quantitative estimate of drug-likeness (QED) is 0.819. The molecule has 0 atom stereocenters. The zero-order chi connectivity index (χ0) is 15.2. The van der Waals surface area contributed by atoms with Crippen LogP contribution < -0.4 is 10.2 Å². The molecule has 0 bridgehead atoms. The van der Waals surface area contributed by atoms with E-state index in [1.54, 1.807) is 0 Å². The zero-order valence-electron chi connectivity index (χ0n) is 14.2. The van der Waals surface area contributed by atoms with E-state index in [2.05, 4.69) is 50.0 Å². The molecule has 1 heterocycles. The lowest BCUT2D eigenvalue weighted by molar-refractivity contribution is 0.609. The molecule has 1 aromatic heterocycles. The van der Waals surface area contributed by atoms with E-state index in [-0.39, 0.29) is 0 Å². The number of hydrogen-bond donors (Lipinski definition) is 1. The van der Waals surface area contributed by atoms with Gasteiger partial charge in [-0.25, -0.2) is 4.98 Å². The van der Waals surface area contributed by atoms with Crippen LogP contribution in [0.3, 0.4) is 0 Å². The summed E-state index contributed by atoms with van der Waals surface area (Å²) in [4.78, 5) is 7.48. The summed E-state index contributed by atoms with van der Waals surface area (Å²) in [5.41, 5.74) is 2.58. The molecule has 1 saturated carbocycles. The van der Waals surface area contributed by atoms with E-state index in [1.165, 1.54) is 42.8 Å². The molecule has 0 unspecified atom stereocenters. The maximum absolute atomic E-state index is 4.95. The molecule has 1 aromatic rings. The van der Waals surface area contributed by atoms with E-state index in [1.807, 2.05) is 0 Å². The van der Waals surface area contributed by atoms with E-state index >= 15 is 0 Å². The minimum absolute atomic E-state index is 0.479. The number of hydrogen-bond acceptors (Lipinski definition) is 3. The van der Waals surface area contributed by atoms with Crippen LogP contribution in [-0.4, -0.2) is 24.1 Å². The van der Waals surface area contributed by atoms with Crippen molar-refractivity contribution in [2.75, 3.05) is 18.0 Å². The van der Waals surface area contributed by atoms with Crippen molar-refractivity contribution in [3.63, 3.8) is 0 Å². The number of nitrogens with zero attached hydrogens (tertiary/aromatic N) is 2. The van der Waals surface area contributed by atoms with Crippen molar-refractivity contribution in [2.24, 2.45) is 0 Å². The third-order valence-corrected chi connectivity index (χ3v) is 4.46. The maximum Gasteiger partial charge on any atom is 0.129 e. The molecule has 0 aliphatic heterocycles. The average molecular weight is 289 g/mol. The van der Waals surface area contributed by atoms with Crippen LogP contribution in [0.2, 0.25) is 0 Å². The molecule has 21 heavy (non-hydrogen) atoms. The Morgan fingerprint density at radius 2 is 1.95 bits per heavy atom. The number of rotatable bonds is 7. The van der Waals surface area contributed by atoms with Gasteiger partial charge in [-0.1, -0.05) is 33.6 Å². The van der Waals surface area contributed by atoms with Crippen LogP contribution in [0.5, 0.6) is 0 Å². The van der Waals surface area contributed by atoms with Gasteiger partial charge in [-0.15, -0.1) is 0 Å². The van der Waals surface area contributed by atoms with Crippen LogP contribution in [0.15, 0.2) is 12.1 Å². The van der Waals surface area contributed by atoms with Gasteiger partial charge in [0.25, 0.3) is 0 Å². The van der Waals surface area contributed by atoms with Crippen LogP contribution in [0.4, 0.5) is 5.82 Å². The fourth-order valence-corrected chi connectivity index (χ4v) is 3.23. The van der Waals surface area contributed by atoms with Crippen LogP contribution in [0.25, 0.3) is 0 Å². The van der Waals surface area contributed by atoms with E-state index in [9.17, 15) is 0 Å². The van der Waals surface area contributed by atoms with Crippen LogP contribution in [0.1, 0.15) is 70.6 Å². The normalized spacial score (nSPS) is 15.9. The highest BCUT2D eigenvalue weighted by molar-refractivity contribution is 5.44. The monoisotopic (exact) mass is 289 g/mol. The second-order valence-corrected chi connectivity index (χ2v) is 6.42. The number of pyridine rings is 1. The Morgan fingerprint density at radius 3 is 2.52 bits per heavy atom. The molecule has 0 aromatic carbocycles. The van der Waals surface area contributed by atoms with Gasteiger partial charge in [0.2, 0.25) is 0 Å². The highest BCUT2D eigenvalue weighted by atomic mass is 15.2. The molecule has 3 nitrogen and oxygen atoms in total. The molecule has 0 amide bonds. The predicted octanol–water partition coefficient (Wildman–Crippen LogP) is 4.08. The first-order valence-corrected chi connectivity index (χ1v) is 8.63. The van der Waals surface area contributed by atoms with Crippen molar-refractivity contribution in [1.82, 2.24) is 10.3 Å². The van der Waals surface area contributed by atoms with E-state index in [0.717, 1.165) is 19.6 Å². The molecular formula is C18H31N3. The second kappa shape index (κ2) is 7.79. The number of anilines is 1.